The van der Waals surface area contributed by atoms with Crippen molar-refractivity contribution in [1.82, 2.24) is 14.9 Å². The van der Waals surface area contributed by atoms with Crippen molar-refractivity contribution in [1.29, 1.82) is 0 Å². The van der Waals surface area contributed by atoms with Gasteiger partial charge in [0.05, 0.1) is 11.0 Å². The maximum atomic E-state index is 13.5. The molecule has 0 spiro atoms. The quantitative estimate of drug-likeness (QED) is 0.934. The van der Waals surface area contributed by atoms with Gasteiger partial charge in [-0.3, -0.25) is 0 Å². The van der Waals surface area contributed by atoms with Crippen LogP contribution in [0.3, 0.4) is 0 Å². The van der Waals surface area contributed by atoms with Crippen LogP contribution in [-0.2, 0) is 12.0 Å². The number of nitrogens with one attached hydrogen (secondary N) is 1. The molecule has 0 bridgehead atoms. The van der Waals surface area contributed by atoms with Crippen molar-refractivity contribution in [3.8, 4) is 0 Å². The molecule has 1 aliphatic heterocycles. The third-order valence-corrected chi connectivity index (χ3v) is 4.90. The molecule has 0 saturated carbocycles. The lowest BCUT2D eigenvalue weighted by molar-refractivity contribution is 0.307. The van der Waals surface area contributed by atoms with E-state index in [9.17, 15) is 4.39 Å². The first kappa shape index (κ1) is 14.5. The maximum Gasteiger partial charge on any atom is 0.125 e. The molecule has 1 atom stereocenters. The van der Waals surface area contributed by atoms with Crippen LogP contribution in [0.2, 0.25) is 0 Å². The normalized spacial score (nSPS) is 22.5. The summed E-state index contributed by atoms with van der Waals surface area (Å²) in [4.78, 5) is 4.85. The molecular formula is C17H24FN3. The van der Waals surface area contributed by atoms with Gasteiger partial charge in [0.1, 0.15) is 11.6 Å². The van der Waals surface area contributed by atoms with Gasteiger partial charge in [0.25, 0.3) is 0 Å². The van der Waals surface area contributed by atoms with E-state index in [1.165, 1.54) is 6.07 Å². The predicted molar refractivity (Wildman–Crippen MR) is 84.0 cm³/mol. The van der Waals surface area contributed by atoms with E-state index in [-0.39, 0.29) is 11.2 Å². The second-order valence-corrected chi connectivity index (χ2v) is 6.46. The van der Waals surface area contributed by atoms with Crippen molar-refractivity contribution in [2.45, 2.75) is 45.6 Å². The number of hydrogen-bond donors (Lipinski definition) is 1. The predicted octanol–water partition coefficient (Wildman–Crippen LogP) is 3.47. The summed E-state index contributed by atoms with van der Waals surface area (Å²) in [5, 5.41) is 3.49. The molecule has 2 aromatic rings. The molecule has 1 aromatic heterocycles. The minimum atomic E-state index is -0.210. The van der Waals surface area contributed by atoms with Gasteiger partial charge < -0.3 is 9.88 Å². The number of aryl methyl sites for hydroxylation is 1. The molecule has 0 radical (unpaired) electrons. The average molecular weight is 289 g/mol. The summed E-state index contributed by atoms with van der Waals surface area (Å²) in [5.74, 6) is 1.42. The van der Waals surface area contributed by atoms with Crippen LogP contribution < -0.4 is 5.32 Å². The fraction of sp³-hybridized carbons (Fsp3) is 0.588. The molecule has 21 heavy (non-hydrogen) atoms. The van der Waals surface area contributed by atoms with Gasteiger partial charge in [-0.15, -0.1) is 0 Å². The van der Waals surface area contributed by atoms with Gasteiger partial charge in [0, 0.05) is 24.6 Å². The molecule has 1 aromatic carbocycles. The van der Waals surface area contributed by atoms with Crippen molar-refractivity contribution < 1.29 is 4.39 Å². The van der Waals surface area contributed by atoms with Gasteiger partial charge >= 0.3 is 0 Å². The van der Waals surface area contributed by atoms with E-state index < -0.39 is 0 Å². The summed E-state index contributed by atoms with van der Waals surface area (Å²) >= 11 is 0. The van der Waals surface area contributed by atoms with E-state index in [0.717, 1.165) is 49.3 Å². The zero-order valence-electron chi connectivity index (χ0n) is 13.1. The summed E-state index contributed by atoms with van der Waals surface area (Å²) in [6.45, 7) is 9.63. The summed E-state index contributed by atoms with van der Waals surface area (Å²) in [6.07, 6.45) is 2.15. The van der Waals surface area contributed by atoms with Gasteiger partial charge in [-0.1, -0.05) is 20.8 Å². The Balaban J connectivity index is 2.22. The molecule has 114 valence electrons. The Bertz CT molecular complexity index is 639. The maximum absolute atomic E-state index is 13.5. The van der Waals surface area contributed by atoms with Crippen molar-refractivity contribution >= 4 is 11.0 Å². The fourth-order valence-electron chi connectivity index (χ4n) is 3.59. The Morgan fingerprint density at radius 2 is 2.24 bits per heavy atom. The molecule has 3 rings (SSSR count). The number of hydrogen-bond acceptors (Lipinski definition) is 2. The highest BCUT2D eigenvalue weighted by Gasteiger charge is 2.42. The molecular weight excluding hydrogens is 265 g/mol. The molecule has 3 nitrogen and oxygen atoms in total. The lowest BCUT2D eigenvalue weighted by Crippen LogP contribution is -2.37. The second-order valence-electron chi connectivity index (χ2n) is 6.46. The van der Waals surface area contributed by atoms with Gasteiger partial charge in [0.2, 0.25) is 0 Å². The molecule has 1 N–H and O–H groups in total. The molecule has 1 saturated heterocycles. The molecule has 4 heteroatoms. The van der Waals surface area contributed by atoms with Crippen LogP contribution in [0.5, 0.6) is 0 Å². The van der Waals surface area contributed by atoms with Crippen LogP contribution in [0.15, 0.2) is 18.2 Å². The molecule has 1 fully saturated rings. The van der Waals surface area contributed by atoms with Gasteiger partial charge in [-0.25, -0.2) is 9.37 Å². The van der Waals surface area contributed by atoms with E-state index in [1.54, 1.807) is 6.07 Å². The first-order chi connectivity index (χ1) is 10.1. The van der Waals surface area contributed by atoms with E-state index in [2.05, 4.69) is 30.7 Å². The Kier molecular flexibility index (Phi) is 3.74. The fourth-order valence-corrected chi connectivity index (χ4v) is 3.59. The lowest BCUT2D eigenvalue weighted by Gasteiger charge is -2.32. The zero-order valence-corrected chi connectivity index (χ0v) is 13.1. The van der Waals surface area contributed by atoms with Crippen molar-refractivity contribution in [3.05, 3.63) is 29.8 Å². The van der Waals surface area contributed by atoms with Crippen LogP contribution in [0.4, 0.5) is 4.39 Å². The van der Waals surface area contributed by atoms with Crippen molar-refractivity contribution in [2.24, 2.45) is 5.92 Å². The number of fused-ring (bicyclic) bond motifs is 1. The molecule has 2 heterocycles. The average Bonchev–Trinajstić information content (AvgIpc) is 3.05. The van der Waals surface area contributed by atoms with E-state index >= 15 is 0 Å². The van der Waals surface area contributed by atoms with Gasteiger partial charge in [-0.2, -0.15) is 0 Å². The molecule has 1 aliphatic rings. The topological polar surface area (TPSA) is 29.9 Å². The minimum absolute atomic E-state index is 0.0602. The molecule has 1 unspecified atom stereocenters. The van der Waals surface area contributed by atoms with E-state index in [1.807, 2.05) is 6.07 Å². The number of rotatable bonds is 4. The minimum Gasteiger partial charge on any atom is -0.327 e. The van der Waals surface area contributed by atoms with E-state index in [4.69, 9.17) is 4.98 Å². The van der Waals surface area contributed by atoms with Gasteiger partial charge in [0.15, 0.2) is 0 Å². The Hall–Kier alpha value is -1.42. The highest BCUT2D eigenvalue weighted by Crippen LogP contribution is 2.39. The number of halogens is 1. The number of nitrogens with zero attached hydrogens (tertiary/aromatic N) is 2. The van der Waals surface area contributed by atoms with Crippen LogP contribution in [-0.4, -0.2) is 22.6 Å². The smallest absolute Gasteiger partial charge is 0.125 e. The monoisotopic (exact) mass is 289 g/mol. The molecule has 0 amide bonds. The van der Waals surface area contributed by atoms with Crippen molar-refractivity contribution in [2.75, 3.05) is 13.1 Å². The summed E-state index contributed by atoms with van der Waals surface area (Å²) in [7, 11) is 0. The van der Waals surface area contributed by atoms with E-state index in [0.29, 0.717) is 5.92 Å². The van der Waals surface area contributed by atoms with Crippen LogP contribution in [0.1, 0.15) is 39.4 Å². The first-order valence-corrected chi connectivity index (χ1v) is 7.95. The Morgan fingerprint density at radius 1 is 1.43 bits per heavy atom. The van der Waals surface area contributed by atoms with Gasteiger partial charge in [-0.05, 0) is 37.4 Å². The number of aromatic nitrogens is 2. The number of benzene rings is 1. The highest BCUT2D eigenvalue weighted by molar-refractivity contribution is 5.76. The zero-order chi connectivity index (χ0) is 15.0. The Labute approximate surface area is 125 Å². The largest absolute Gasteiger partial charge is 0.327 e. The van der Waals surface area contributed by atoms with Crippen LogP contribution in [0, 0.1) is 11.7 Å². The summed E-state index contributed by atoms with van der Waals surface area (Å²) < 4.78 is 15.8. The summed E-state index contributed by atoms with van der Waals surface area (Å²) in [6, 6.07) is 4.96. The standard InChI is InChI=1S/C17H24FN3/c1-4-9-21-15-6-5-13(18)10-14(15)20-16(21)17(12(2)3)7-8-19-11-17/h5-6,10,12,19H,4,7-9,11H2,1-3H3. The lowest BCUT2D eigenvalue weighted by atomic mass is 9.75. The first-order valence-electron chi connectivity index (χ1n) is 7.95. The third-order valence-electron chi connectivity index (χ3n) is 4.90. The molecule has 0 aliphatic carbocycles. The number of imidazole rings is 1. The van der Waals surface area contributed by atoms with Crippen LogP contribution >= 0.6 is 0 Å². The second kappa shape index (κ2) is 5.41. The third kappa shape index (κ3) is 2.26. The van der Waals surface area contributed by atoms with Crippen molar-refractivity contribution in [3.63, 3.8) is 0 Å². The summed E-state index contributed by atoms with van der Waals surface area (Å²) in [5.41, 5.74) is 1.90. The Morgan fingerprint density at radius 3 is 2.86 bits per heavy atom. The SMILES string of the molecule is CCCn1c(C2(C(C)C)CCNC2)nc2cc(F)ccc21. The van der Waals surface area contributed by atoms with Crippen LogP contribution in [0.25, 0.3) is 11.0 Å². The highest BCUT2D eigenvalue weighted by atomic mass is 19.1.